The number of hydrogen-bond acceptors (Lipinski definition) is 4. The van der Waals surface area contributed by atoms with Crippen LogP contribution in [0.25, 0.3) is 0 Å². The number of piperidine rings is 1. The zero-order valence-corrected chi connectivity index (χ0v) is 13.4. The molecule has 2 rings (SSSR count). The Hall–Kier alpha value is -0.900. The lowest BCUT2D eigenvalue weighted by molar-refractivity contribution is -0.138. The van der Waals surface area contributed by atoms with E-state index in [4.69, 9.17) is 0 Å². The third-order valence-electron chi connectivity index (χ3n) is 4.32. The van der Waals surface area contributed by atoms with Gasteiger partial charge in [-0.25, -0.2) is 0 Å². The molecule has 0 aromatic carbocycles. The standard InChI is InChI=1S/C11H19NO.C5H10O2/c1-12-8-6-11(7-9-12)4-2-10(13)3-5-11;1-5(2,3)7-4-6/h2-9H2,1H3;4H,1-3H3. The van der Waals surface area contributed by atoms with Gasteiger partial charge in [-0.1, -0.05) is 0 Å². The van der Waals surface area contributed by atoms with Crippen molar-refractivity contribution in [2.75, 3.05) is 20.1 Å². The van der Waals surface area contributed by atoms with E-state index in [9.17, 15) is 9.59 Å². The first-order chi connectivity index (χ1) is 9.26. The first kappa shape index (κ1) is 17.2. The van der Waals surface area contributed by atoms with Crippen molar-refractivity contribution in [3.8, 4) is 0 Å². The molecule has 4 nitrogen and oxygen atoms in total. The molecule has 0 radical (unpaired) electrons. The summed E-state index contributed by atoms with van der Waals surface area (Å²) in [6.07, 6.45) is 6.67. The average molecular weight is 283 g/mol. The fourth-order valence-corrected chi connectivity index (χ4v) is 2.80. The molecule has 1 saturated heterocycles. The lowest BCUT2D eigenvalue weighted by Crippen LogP contribution is -2.40. The van der Waals surface area contributed by atoms with E-state index in [-0.39, 0.29) is 5.60 Å². The Labute approximate surface area is 122 Å². The highest BCUT2D eigenvalue weighted by molar-refractivity contribution is 5.79. The molecule has 4 heteroatoms. The van der Waals surface area contributed by atoms with Crippen LogP contribution in [0.3, 0.4) is 0 Å². The second-order valence-corrected chi connectivity index (χ2v) is 7.17. The summed E-state index contributed by atoms with van der Waals surface area (Å²) in [6, 6.07) is 0. The Kier molecular flexibility index (Phi) is 6.18. The Morgan fingerprint density at radius 3 is 1.95 bits per heavy atom. The topological polar surface area (TPSA) is 46.6 Å². The molecule has 1 saturated carbocycles. The first-order valence-corrected chi connectivity index (χ1v) is 7.58. The lowest BCUT2D eigenvalue weighted by Gasteiger charge is -2.42. The zero-order valence-electron chi connectivity index (χ0n) is 13.4. The number of ketones is 1. The Bertz CT molecular complexity index is 313. The van der Waals surface area contributed by atoms with Gasteiger partial charge in [0.05, 0.1) is 0 Å². The number of hydrogen-bond donors (Lipinski definition) is 0. The van der Waals surface area contributed by atoms with Crippen LogP contribution in [-0.2, 0) is 14.3 Å². The molecule has 0 atom stereocenters. The minimum absolute atomic E-state index is 0.318. The quantitative estimate of drug-likeness (QED) is 0.694. The van der Waals surface area contributed by atoms with Crippen molar-refractivity contribution in [3.05, 3.63) is 0 Å². The van der Waals surface area contributed by atoms with Crippen LogP contribution in [0.4, 0.5) is 0 Å². The minimum Gasteiger partial charge on any atom is -0.462 e. The minimum atomic E-state index is -0.318. The summed E-state index contributed by atoms with van der Waals surface area (Å²) in [7, 11) is 2.20. The van der Waals surface area contributed by atoms with Gasteiger partial charge in [0.2, 0.25) is 0 Å². The normalized spacial score (nSPS) is 22.9. The summed E-state index contributed by atoms with van der Waals surface area (Å²) < 4.78 is 4.55. The number of Topliss-reactive ketones (excluding diaryl/α,β-unsaturated/α-hetero) is 1. The van der Waals surface area contributed by atoms with Crippen LogP contribution in [-0.4, -0.2) is 42.9 Å². The van der Waals surface area contributed by atoms with Crippen molar-refractivity contribution in [1.29, 1.82) is 0 Å². The summed E-state index contributed by atoms with van der Waals surface area (Å²) in [6.45, 7) is 8.38. The van der Waals surface area contributed by atoms with Gasteiger partial charge in [-0.05, 0) is 72.0 Å². The van der Waals surface area contributed by atoms with E-state index in [1.807, 2.05) is 20.8 Å². The van der Waals surface area contributed by atoms with E-state index in [2.05, 4.69) is 16.7 Å². The number of likely N-dealkylation sites (tertiary alicyclic amines) is 1. The summed E-state index contributed by atoms with van der Waals surface area (Å²) in [4.78, 5) is 23.1. The van der Waals surface area contributed by atoms with Gasteiger partial charge in [0.25, 0.3) is 6.47 Å². The van der Waals surface area contributed by atoms with Crippen molar-refractivity contribution >= 4 is 12.3 Å². The summed E-state index contributed by atoms with van der Waals surface area (Å²) in [5.41, 5.74) is 0.238. The van der Waals surface area contributed by atoms with Crippen LogP contribution in [0.15, 0.2) is 0 Å². The molecule has 1 heterocycles. The molecule has 0 bridgehead atoms. The van der Waals surface area contributed by atoms with Crippen LogP contribution in [0, 0.1) is 5.41 Å². The molecule has 2 fully saturated rings. The van der Waals surface area contributed by atoms with E-state index in [1.54, 1.807) is 0 Å². The fourth-order valence-electron chi connectivity index (χ4n) is 2.80. The van der Waals surface area contributed by atoms with E-state index in [0.717, 1.165) is 12.8 Å². The zero-order chi connectivity index (χ0) is 15.2. The van der Waals surface area contributed by atoms with Gasteiger partial charge in [-0.2, -0.15) is 0 Å². The highest BCUT2D eigenvalue weighted by atomic mass is 16.5. The van der Waals surface area contributed by atoms with Gasteiger partial charge >= 0.3 is 0 Å². The maximum atomic E-state index is 11.1. The largest absolute Gasteiger partial charge is 0.462 e. The third kappa shape index (κ3) is 6.04. The molecule has 1 spiro atoms. The van der Waals surface area contributed by atoms with Crippen LogP contribution in [0.1, 0.15) is 59.3 Å². The van der Waals surface area contributed by atoms with Gasteiger partial charge in [0, 0.05) is 12.8 Å². The van der Waals surface area contributed by atoms with Gasteiger partial charge in [-0.3, -0.25) is 9.59 Å². The van der Waals surface area contributed by atoms with E-state index >= 15 is 0 Å². The number of nitrogens with zero attached hydrogens (tertiary/aromatic N) is 1. The maximum Gasteiger partial charge on any atom is 0.293 e. The average Bonchev–Trinajstić information content (AvgIpc) is 2.36. The molecular weight excluding hydrogens is 254 g/mol. The van der Waals surface area contributed by atoms with Crippen molar-refractivity contribution in [2.24, 2.45) is 5.41 Å². The molecule has 2 aliphatic rings. The molecule has 1 aliphatic carbocycles. The number of carbonyl (C=O) groups is 2. The molecule has 116 valence electrons. The van der Waals surface area contributed by atoms with Gasteiger partial charge in [-0.15, -0.1) is 0 Å². The van der Waals surface area contributed by atoms with E-state index in [1.165, 1.54) is 38.8 Å². The molecule has 20 heavy (non-hydrogen) atoms. The molecule has 0 amide bonds. The van der Waals surface area contributed by atoms with E-state index in [0.29, 0.717) is 17.7 Å². The van der Waals surface area contributed by atoms with Gasteiger partial charge in [0.1, 0.15) is 11.4 Å². The predicted molar refractivity (Wildman–Crippen MR) is 79.5 cm³/mol. The van der Waals surface area contributed by atoms with Crippen LogP contribution < -0.4 is 0 Å². The Balaban J connectivity index is 0.000000246. The van der Waals surface area contributed by atoms with Crippen molar-refractivity contribution < 1.29 is 14.3 Å². The number of ether oxygens (including phenoxy) is 1. The van der Waals surface area contributed by atoms with Crippen LogP contribution in [0.5, 0.6) is 0 Å². The monoisotopic (exact) mass is 283 g/mol. The Morgan fingerprint density at radius 2 is 1.60 bits per heavy atom. The maximum absolute atomic E-state index is 11.1. The molecule has 0 N–H and O–H groups in total. The second kappa shape index (κ2) is 7.21. The van der Waals surface area contributed by atoms with Crippen molar-refractivity contribution in [3.63, 3.8) is 0 Å². The van der Waals surface area contributed by atoms with Crippen molar-refractivity contribution in [2.45, 2.75) is 64.9 Å². The van der Waals surface area contributed by atoms with Crippen molar-refractivity contribution in [1.82, 2.24) is 4.90 Å². The van der Waals surface area contributed by atoms with Crippen LogP contribution >= 0.6 is 0 Å². The second-order valence-electron chi connectivity index (χ2n) is 7.17. The Morgan fingerprint density at radius 1 is 1.10 bits per heavy atom. The van der Waals surface area contributed by atoms with Gasteiger partial charge < -0.3 is 9.64 Å². The SMILES string of the molecule is CC(C)(C)OC=O.CN1CCC2(CCC(=O)CC2)CC1. The fraction of sp³-hybridized carbons (Fsp3) is 0.875. The highest BCUT2D eigenvalue weighted by Crippen LogP contribution is 2.43. The smallest absolute Gasteiger partial charge is 0.293 e. The molecule has 0 aromatic rings. The summed E-state index contributed by atoms with van der Waals surface area (Å²) in [5, 5.41) is 0. The molecule has 0 unspecified atom stereocenters. The van der Waals surface area contributed by atoms with Crippen LogP contribution in [0.2, 0.25) is 0 Å². The number of carbonyl (C=O) groups excluding carboxylic acids is 2. The lowest BCUT2D eigenvalue weighted by atomic mass is 9.68. The molecular formula is C16H29NO3. The number of rotatable bonds is 1. The summed E-state index contributed by atoms with van der Waals surface area (Å²) >= 11 is 0. The molecule has 1 aliphatic heterocycles. The third-order valence-corrected chi connectivity index (χ3v) is 4.32. The first-order valence-electron chi connectivity index (χ1n) is 7.58. The molecule has 0 aromatic heterocycles. The summed E-state index contributed by atoms with van der Waals surface area (Å²) in [5.74, 6) is 0.490. The van der Waals surface area contributed by atoms with Gasteiger partial charge in [0.15, 0.2) is 0 Å². The predicted octanol–water partition coefficient (Wildman–Crippen LogP) is 2.80. The highest BCUT2D eigenvalue weighted by Gasteiger charge is 2.36. The van der Waals surface area contributed by atoms with E-state index < -0.39 is 0 Å².